The molecule has 1 aromatic heterocycles. The van der Waals surface area contributed by atoms with Crippen molar-refractivity contribution in [1.82, 2.24) is 9.66 Å². The van der Waals surface area contributed by atoms with Crippen molar-refractivity contribution in [2.75, 3.05) is 10.1 Å². The maximum atomic E-state index is 13.8. The molecule has 1 heterocycles. The highest BCUT2D eigenvalue weighted by atomic mass is 32.2. The number of hydrogen-bond donors (Lipinski definition) is 2. The third-order valence-electron chi connectivity index (χ3n) is 5.08. The van der Waals surface area contributed by atoms with Crippen molar-refractivity contribution in [3.63, 3.8) is 0 Å². The second-order valence-electron chi connectivity index (χ2n) is 7.62. The Morgan fingerprint density at radius 3 is 2.38 bits per heavy atom. The third kappa shape index (κ3) is 5.12. The van der Waals surface area contributed by atoms with Crippen LogP contribution in [0, 0.1) is 5.82 Å². The van der Waals surface area contributed by atoms with Crippen molar-refractivity contribution in [3.05, 3.63) is 100 Å². The van der Waals surface area contributed by atoms with Gasteiger partial charge in [0.2, 0.25) is 5.91 Å². The van der Waals surface area contributed by atoms with Gasteiger partial charge in [-0.15, -0.1) is 0 Å². The highest BCUT2D eigenvalue weighted by Crippen LogP contribution is 2.16. The zero-order valence-electron chi connectivity index (χ0n) is 18.2. The second kappa shape index (κ2) is 9.44. The molecule has 4 aromatic rings. The predicted molar refractivity (Wildman–Crippen MR) is 127 cm³/mol. The molecule has 0 aliphatic rings. The average Bonchev–Trinajstić information content (AvgIpc) is 2.81. The molecule has 4 rings (SSSR count). The first kappa shape index (κ1) is 23.1. The number of nitrogens with one attached hydrogen (secondary N) is 2. The van der Waals surface area contributed by atoms with Crippen LogP contribution < -0.4 is 15.7 Å². The van der Waals surface area contributed by atoms with Gasteiger partial charge in [0.25, 0.3) is 15.6 Å². The molecule has 0 unspecified atom stereocenters. The lowest BCUT2D eigenvalue weighted by Gasteiger charge is -2.16. The molecule has 0 fully saturated rings. The van der Waals surface area contributed by atoms with Gasteiger partial charge in [0, 0.05) is 19.0 Å². The number of sulfonamides is 1. The molecule has 1 amide bonds. The van der Waals surface area contributed by atoms with E-state index in [1.54, 1.807) is 0 Å². The number of nitrogens with zero attached hydrogens (tertiary/aromatic N) is 2. The van der Waals surface area contributed by atoms with Crippen LogP contribution in [0.4, 0.5) is 10.1 Å². The number of aromatic nitrogens is 2. The second-order valence-corrected chi connectivity index (χ2v) is 9.28. The topological polar surface area (TPSA) is 110 Å². The molecule has 0 spiro atoms. The molecule has 2 N–H and O–H groups in total. The van der Waals surface area contributed by atoms with E-state index < -0.39 is 21.4 Å². The fourth-order valence-electron chi connectivity index (χ4n) is 3.46. The van der Waals surface area contributed by atoms with Crippen LogP contribution in [0.3, 0.4) is 0 Å². The summed E-state index contributed by atoms with van der Waals surface area (Å²) >= 11 is 0. The standard InChI is InChI=1S/C24H21FN4O4S/c1-16(30)26-19-9-11-20(12-10-19)34(32,33)28-29-23(14-7-17-5-3-2-4-6-17)27-22-13-8-18(25)15-21(22)24(29)31/h2-6,8-13,15,28H,7,14H2,1H3,(H,26,30). The first-order valence-electron chi connectivity index (χ1n) is 10.4. The number of aryl methyl sites for hydroxylation is 2. The molecule has 0 saturated carbocycles. The first-order chi connectivity index (χ1) is 16.2. The fourth-order valence-corrected chi connectivity index (χ4v) is 4.49. The van der Waals surface area contributed by atoms with Gasteiger partial charge in [-0.2, -0.15) is 13.1 Å². The van der Waals surface area contributed by atoms with E-state index in [1.807, 2.05) is 30.3 Å². The maximum Gasteiger partial charge on any atom is 0.280 e. The summed E-state index contributed by atoms with van der Waals surface area (Å²) in [4.78, 5) is 31.0. The van der Waals surface area contributed by atoms with E-state index in [4.69, 9.17) is 0 Å². The Balaban J connectivity index is 1.73. The predicted octanol–water partition coefficient (Wildman–Crippen LogP) is 3.21. The van der Waals surface area contributed by atoms with Crippen molar-refractivity contribution in [2.24, 2.45) is 0 Å². The monoisotopic (exact) mass is 480 g/mol. The number of fused-ring (bicyclic) bond motifs is 1. The SMILES string of the molecule is CC(=O)Nc1ccc(S(=O)(=O)Nn2c(CCc3ccccc3)nc3ccc(F)cc3c2=O)cc1. The normalized spacial score (nSPS) is 11.4. The van der Waals surface area contributed by atoms with Gasteiger partial charge in [0.1, 0.15) is 11.6 Å². The lowest BCUT2D eigenvalue weighted by Crippen LogP contribution is -2.36. The molecular formula is C24H21FN4O4S. The number of hydrogen-bond acceptors (Lipinski definition) is 5. The largest absolute Gasteiger partial charge is 0.326 e. The molecular weight excluding hydrogens is 459 g/mol. The van der Waals surface area contributed by atoms with E-state index in [0.29, 0.717) is 12.1 Å². The molecule has 0 aliphatic carbocycles. The van der Waals surface area contributed by atoms with Crippen molar-refractivity contribution in [3.8, 4) is 0 Å². The van der Waals surface area contributed by atoms with Crippen LogP contribution >= 0.6 is 0 Å². The Hall–Kier alpha value is -4.05. The van der Waals surface area contributed by atoms with Gasteiger partial charge >= 0.3 is 0 Å². The Morgan fingerprint density at radius 2 is 1.71 bits per heavy atom. The summed E-state index contributed by atoms with van der Waals surface area (Å²) in [7, 11) is -4.20. The summed E-state index contributed by atoms with van der Waals surface area (Å²) in [5.41, 5.74) is 0.949. The van der Waals surface area contributed by atoms with E-state index >= 15 is 0 Å². The number of rotatable bonds is 7. The lowest BCUT2D eigenvalue weighted by atomic mass is 10.1. The van der Waals surface area contributed by atoms with Gasteiger partial charge in [0.15, 0.2) is 0 Å². The van der Waals surface area contributed by atoms with Crippen LogP contribution in [0.1, 0.15) is 18.3 Å². The Morgan fingerprint density at radius 1 is 1.00 bits per heavy atom. The van der Waals surface area contributed by atoms with E-state index in [9.17, 15) is 22.4 Å². The van der Waals surface area contributed by atoms with E-state index in [0.717, 1.165) is 16.3 Å². The van der Waals surface area contributed by atoms with Gasteiger partial charge in [0.05, 0.1) is 15.8 Å². The first-order valence-corrected chi connectivity index (χ1v) is 11.9. The number of halogens is 1. The summed E-state index contributed by atoms with van der Waals surface area (Å²) in [6.07, 6.45) is 0.768. The van der Waals surface area contributed by atoms with Crippen LogP contribution in [0.25, 0.3) is 10.9 Å². The smallest absolute Gasteiger partial charge is 0.280 e. The summed E-state index contributed by atoms with van der Waals surface area (Å²) in [5, 5.41) is 2.51. The van der Waals surface area contributed by atoms with E-state index in [-0.39, 0.29) is 34.0 Å². The van der Waals surface area contributed by atoms with Gasteiger partial charge in [-0.1, -0.05) is 30.3 Å². The maximum absolute atomic E-state index is 13.8. The molecule has 3 aromatic carbocycles. The Labute approximate surface area is 195 Å². The van der Waals surface area contributed by atoms with E-state index in [2.05, 4.69) is 15.1 Å². The average molecular weight is 481 g/mol. The summed E-state index contributed by atoms with van der Waals surface area (Å²) in [6, 6.07) is 18.6. The van der Waals surface area contributed by atoms with Crippen LogP contribution in [-0.4, -0.2) is 24.0 Å². The van der Waals surface area contributed by atoms with Crippen LogP contribution in [0.5, 0.6) is 0 Å². The molecule has 34 heavy (non-hydrogen) atoms. The highest BCUT2D eigenvalue weighted by molar-refractivity contribution is 7.92. The number of anilines is 1. The minimum absolute atomic E-state index is 0.0489. The van der Waals surface area contributed by atoms with Gasteiger partial charge in [-0.25, -0.2) is 14.2 Å². The van der Waals surface area contributed by atoms with Crippen molar-refractivity contribution in [2.45, 2.75) is 24.7 Å². The molecule has 0 atom stereocenters. The van der Waals surface area contributed by atoms with Gasteiger partial charge in [-0.3, -0.25) is 9.59 Å². The number of amides is 1. The zero-order valence-corrected chi connectivity index (χ0v) is 19.0. The third-order valence-corrected chi connectivity index (χ3v) is 6.39. The van der Waals surface area contributed by atoms with Crippen LogP contribution in [0.2, 0.25) is 0 Å². The Bertz CT molecular complexity index is 1520. The quantitative estimate of drug-likeness (QED) is 0.422. The minimum Gasteiger partial charge on any atom is -0.326 e. The molecule has 0 saturated heterocycles. The van der Waals surface area contributed by atoms with Crippen LogP contribution in [-0.2, 0) is 27.7 Å². The number of carbonyl (C=O) groups excluding carboxylic acids is 1. The summed E-state index contributed by atoms with van der Waals surface area (Å²) in [5.74, 6) is -0.740. The van der Waals surface area contributed by atoms with Gasteiger partial charge in [-0.05, 0) is 54.4 Å². The van der Waals surface area contributed by atoms with Crippen LogP contribution in [0.15, 0.2) is 82.5 Å². The summed E-state index contributed by atoms with van der Waals surface area (Å²) < 4.78 is 40.8. The number of carbonyl (C=O) groups is 1. The van der Waals surface area contributed by atoms with E-state index in [1.165, 1.54) is 43.3 Å². The molecule has 0 aliphatic heterocycles. The minimum atomic E-state index is -4.20. The zero-order chi connectivity index (χ0) is 24.3. The Kier molecular flexibility index (Phi) is 6.42. The molecule has 8 nitrogen and oxygen atoms in total. The molecule has 174 valence electrons. The van der Waals surface area contributed by atoms with Gasteiger partial charge < -0.3 is 5.32 Å². The van der Waals surface area contributed by atoms with Crippen molar-refractivity contribution in [1.29, 1.82) is 0 Å². The number of benzene rings is 3. The fraction of sp³-hybridized carbons (Fsp3) is 0.125. The van der Waals surface area contributed by atoms with Crippen molar-refractivity contribution < 1.29 is 17.6 Å². The summed E-state index contributed by atoms with van der Waals surface area (Å²) in [6.45, 7) is 1.34. The molecule has 0 radical (unpaired) electrons. The lowest BCUT2D eigenvalue weighted by molar-refractivity contribution is -0.114. The molecule has 10 heteroatoms. The highest BCUT2D eigenvalue weighted by Gasteiger charge is 2.19. The molecule has 0 bridgehead atoms. The van der Waals surface area contributed by atoms with Crippen molar-refractivity contribution >= 4 is 32.5 Å².